The first-order valence-corrected chi connectivity index (χ1v) is 11.2. The Morgan fingerprint density at radius 1 is 1.09 bits per heavy atom. The monoisotopic (exact) mass is 453 g/mol. The lowest BCUT2D eigenvalue weighted by atomic mass is 9.72. The zero-order valence-electron chi connectivity index (χ0n) is 18.8. The van der Waals surface area contributed by atoms with E-state index >= 15 is 0 Å². The van der Waals surface area contributed by atoms with Crippen molar-refractivity contribution in [2.45, 2.75) is 26.2 Å². The summed E-state index contributed by atoms with van der Waals surface area (Å²) in [6, 6.07) is 18.0. The number of carbonyl (C=O) groups excluding carboxylic acids is 1. The average Bonchev–Trinajstić information content (AvgIpc) is 3.19. The molecule has 1 heterocycles. The first-order chi connectivity index (χ1) is 15.7. The van der Waals surface area contributed by atoms with E-state index in [1.807, 2.05) is 18.2 Å². The number of hydrogen-bond acceptors (Lipinski definition) is 2. The Kier molecular flexibility index (Phi) is 4.84. The Morgan fingerprint density at radius 2 is 1.85 bits per heavy atom. The van der Waals surface area contributed by atoms with Crippen LogP contribution in [0.4, 0.5) is 0 Å². The maximum Gasteiger partial charge on any atom is 0.201 e. The van der Waals surface area contributed by atoms with E-state index in [0.717, 1.165) is 32.8 Å². The number of aromatic amines is 1. The van der Waals surface area contributed by atoms with Crippen molar-refractivity contribution in [3.05, 3.63) is 112 Å². The van der Waals surface area contributed by atoms with Crippen LogP contribution in [0.15, 0.2) is 90.4 Å². The molecule has 3 nitrogen and oxygen atoms in total. The Hall–Kier alpha value is -3.56. The highest BCUT2D eigenvalue weighted by Gasteiger charge is 2.37. The summed E-state index contributed by atoms with van der Waals surface area (Å²) in [5.41, 5.74) is 4.76. The van der Waals surface area contributed by atoms with E-state index in [9.17, 15) is 9.90 Å². The van der Waals surface area contributed by atoms with Gasteiger partial charge in [0, 0.05) is 33.1 Å². The van der Waals surface area contributed by atoms with Crippen LogP contribution in [0, 0.1) is 6.92 Å². The number of nitrogens with one attached hydrogen (secondary N) is 1. The van der Waals surface area contributed by atoms with Gasteiger partial charge in [0.25, 0.3) is 0 Å². The maximum absolute atomic E-state index is 13.1. The SMILES string of the molecule is C=C(/C=C1\C(=O)C(c2c[nH]c3ccc(Cl)cc23)=C1O)C(C)(C)c1c(C)ccc2ccccc12. The van der Waals surface area contributed by atoms with Crippen molar-refractivity contribution in [2.75, 3.05) is 0 Å². The van der Waals surface area contributed by atoms with Crippen LogP contribution >= 0.6 is 11.6 Å². The second-order valence-electron chi connectivity index (χ2n) is 9.13. The lowest BCUT2D eigenvalue weighted by Crippen LogP contribution is -2.25. The van der Waals surface area contributed by atoms with Gasteiger partial charge < -0.3 is 10.1 Å². The highest BCUT2D eigenvalue weighted by atomic mass is 35.5. The number of aliphatic hydroxyl groups is 1. The molecule has 4 heteroatoms. The molecule has 0 amide bonds. The Bertz CT molecular complexity index is 1550. The third-order valence-corrected chi connectivity index (χ3v) is 7.00. The summed E-state index contributed by atoms with van der Waals surface area (Å²) in [4.78, 5) is 16.2. The van der Waals surface area contributed by atoms with E-state index in [4.69, 9.17) is 11.6 Å². The number of hydrogen-bond donors (Lipinski definition) is 2. The van der Waals surface area contributed by atoms with Gasteiger partial charge in [-0.3, -0.25) is 4.79 Å². The zero-order chi connectivity index (χ0) is 23.5. The quantitative estimate of drug-likeness (QED) is 0.312. The van der Waals surface area contributed by atoms with Crippen LogP contribution in [0.2, 0.25) is 5.02 Å². The smallest absolute Gasteiger partial charge is 0.201 e. The van der Waals surface area contributed by atoms with Crippen LogP contribution in [-0.2, 0) is 10.2 Å². The molecule has 1 aliphatic rings. The van der Waals surface area contributed by atoms with Crippen molar-refractivity contribution < 1.29 is 9.90 Å². The lowest BCUT2D eigenvalue weighted by molar-refractivity contribution is -0.111. The van der Waals surface area contributed by atoms with E-state index in [-0.39, 0.29) is 17.1 Å². The zero-order valence-corrected chi connectivity index (χ0v) is 19.5. The fourth-order valence-electron chi connectivity index (χ4n) is 4.83. The molecule has 33 heavy (non-hydrogen) atoms. The Labute approximate surface area is 197 Å². The molecule has 0 saturated heterocycles. The normalized spacial score (nSPS) is 15.5. The van der Waals surface area contributed by atoms with Gasteiger partial charge in [0.1, 0.15) is 5.76 Å². The van der Waals surface area contributed by atoms with Crippen molar-refractivity contribution in [2.24, 2.45) is 0 Å². The van der Waals surface area contributed by atoms with Gasteiger partial charge >= 0.3 is 0 Å². The van der Waals surface area contributed by atoms with Gasteiger partial charge in [-0.15, -0.1) is 0 Å². The second-order valence-corrected chi connectivity index (χ2v) is 9.57. The molecule has 0 aliphatic heterocycles. The molecule has 0 spiro atoms. The molecule has 0 fully saturated rings. The van der Waals surface area contributed by atoms with Crippen LogP contribution in [-0.4, -0.2) is 15.9 Å². The number of H-pyrrole nitrogens is 1. The van der Waals surface area contributed by atoms with Crippen LogP contribution in [0.3, 0.4) is 0 Å². The first-order valence-electron chi connectivity index (χ1n) is 10.9. The molecule has 3 aromatic carbocycles. The molecule has 0 saturated carbocycles. The standard InChI is InChI=1S/C29H24ClNO2/c1-16-9-10-18-7-5-6-8-20(18)26(16)29(3,4)17(2)13-22-27(32)25(28(22)33)23-15-31-24-12-11-19(30)14-21(23)24/h5-15,31-32H,2H2,1,3-4H3/b22-13-. The van der Waals surface area contributed by atoms with Crippen molar-refractivity contribution in [3.63, 3.8) is 0 Å². The van der Waals surface area contributed by atoms with Crippen LogP contribution in [0.5, 0.6) is 0 Å². The molecule has 2 N–H and O–H groups in total. The number of aliphatic hydroxyl groups excluding tert-OH is 1. The molecule has 0 atom stereocenters. The number of aromatic nitrogens is 1. The summed E-state index contributed by atoms with van der Waals surface area (Å²) >= 11 is 6.15. The summed E-state index contributed by atoms with van der Waals surface area (Å²) in [5, 5.41) is 14.6. The van der Waals surface area contributed by atoms with E-state index in [2.05, 4.69) is 56.6 Å². The molecule has 4 aromatic rings. The largest absolute Gasteiger partial charge is 0.506 e. The number of benzene rings is 3. The lowest BCUT2D eigenvalue weighted by Gasteiger charge is -2.31. The maximum atomic E-state index is 13.1. The van der Waals surface area contributed by atoms with E-state index in [0.29, 0.717) is 16.2 Å². The predicted molar refractivity (Wildman–Crippen MR) is 137 cm³/mol. The van der Waals surface area contributed by atoms with Gasteiger partial charge in [-0.05, 0) is 58.7 Å². The van der Waals surface area contributed by atoms with E-state index in [1.165, 1.54) is 5.56 Å². The van der Waals surface area contributed by atoms with Crippen molar-refractivity contribution in [3.8, 4) is 0 Å². The van der Waals surface area contributed by atoms with Gasteiger partial charge in [0.2, 0.25) is 5.78 Å². The van der Waals surface area contributed by atoms with Gasteiger partial charge in [-0.1, -0.05) is 68.4 Å². The number of aryl methyl sites for hydroxylation is 1. The number of fused-ring (bicyclic) bond motifs is 2. The summed E-state index contributed by atoms with van der Waals surface area (Å²) in [6.45, 7) is 10.6. The number of carbonyl (C=O) groups is 1. The van der Waals surface area contributed by atoms with Crippen molar-refractivity contribution in [1.29, 1.82) is 0 Å². The topological polar surface area (TPSA) is 53.1 Å². The number of rotatable bonds is 4. The van der Waals surface area contributed by atoms with Crippen molar-refractivity contribution >= 4 is 44.6 Å². The Balaban J connectivity index is 1.56. The van der Waals surface area contributed by atoms with Gasteiger partial charge in [-0.2, -0.15) is 0 Å². The summed E-state index contributed by atoms with van der Waals surface area (Å²) in [7, 11) is 0. The molecule has 0 bridgehead atoms. The highest BCUT2D eigenvalue weighted by molar-refractivity contribution is 6.40. The first kappa shape index (κ1) is 21.3. The molecule has 1 aromatic heterocycles. The number of ketones is 1. The number of allylic oxidation sites excluding steroid dienone is 4. The minimum absolute atomic E-state index is 0.00697. The van der Waals surface area contributed by atoms with Crippen molar-refractivity contribution in [1.82, 2.24) is 4.98 Å². The molecule has 5 rings (SSSR count). The van der Waals surface area contributed by atoms with Crippen LogP contribution in [0.1, 0.15) is 30.5 Å². The minimum Gasteiger partial charge on any atom is -0.506 e. The third kappa shape index (κ3) is 3.23. The summed E-state index contributed by atoms with van der Waals surface area (Å²) in [6.07, 6.45) is 3.46. The average molecular weight is 454 g/mol. The molecular formula is C29H24ClNO2. The van der Waals surface area contributed by atoms with E-state index < -0.39 is 5.41 Å². The molecule has 1 aliphatic carbocycles. The molecular weight excluding hydrogens is 430 g/mol. The third-order valence-electron chi connectivity index (χ3n) is 6.76. The van der Waals surface area contributed by atoms with Crippen LogP contribution in [0.25, 0.3) is 27.2 Å². The summed E-state index contributed by atoms with van der Waals surface area (Å²) < 4.78 is 0. The van der Waals surface area contributed by atoms with Gasteiger partial charge in [0.05, 0.1) is 11.1 Å². The Morgan fingerprint density at radius 3 is 2.61 bits per heavy atom. The number of halogens is 1. The second kappa shape index (κ2) is 7.50. The van der Waals surface area contributed by atoms with Gasteiger partial charge in [0.15, 0.2) is 0 Å². The molecule has 164 valence electrons. The van der Waals surface area contributed by atoms with Gasteiger partial charge in [-0.25, -0.2) is 0 Å². The predicted octanol–water partition coefficient (Wildman–Crippen LogP) is 7.60. The highest BCUT2D eigenvalue weighted by Crippen LogP contribution is 2.43. The minimum atomic E-state index is -0.442. The van der Waals surface area contributed by atoms with Crippen LogP contribution < -0.4 is 0 Å². The fraction of sp³-hybridized carbons (Fsp3) is 0.138. The fourth-order valence-corrected chi connectivity index (χ4v) is 5.00. The molecule has 0 unspecified atom stereocenters. The summed E-state index contributed by atoms with van der Waals surface area (Å²) in [5.74, 6) is -0.201. The molecule has 0 radical (unpaired) electrons. The van der Waals surface area contributed by atoms with E-state index in [1.54, 1.807) is 24.4 Å². The number of Topliss-reactive ketones (excluding diaryl/α,β-unsaturated/α-hetero) is 1.